The van der Waals surface area contributed by atoms with Crippen LogP contribution in [-0.2, 0) is 15.9 Å². The third kappa shape index (κ3) is 4.09. The standard InChI is InChI=1S/C20H26BFN4O2/c1-13(18(22)21-27-19(2,3)20(4,5)28-21)14-6-8-15(9-7-14)25-16-10-11-24-17(12-23)26-16/h6-11H,12,23H2,1-5H3,(H,24,25,26). The number of allylic oxidation sites excluding steroid dienone is 1. The Hall–Kier alpha value is -2.29. The highest BCUT2D eigenvalue weighted by Gasteiger charge is 2.53. The average molecular weight is 384 g/mol. The summed E-state index contributed by atoms with van der Waals surface area (Å²) in [5.74, 6) is 1.21. The Morgan fingerprint density at radius 3 is 2.29 bits per heavy atom. The molecular weight excluding hydrogens is 358 g/mol. The van der Waals surface area contributed by atoms with E-state index in [9.17, 15) is 4.39 Å². The summed E-state index contributed by atoms with van der Waals surface area (Å²) in [6, 6.07) is 9.17. The fourth-order valence-electron chi connectivity index (χ4n) is 2.78. The highest BCUT2D eigenvalue weighted by molar-refractivity contribution is 6.55. The second-order valence-electron chi connectivity index (χ2n) is 7.83. The minimum atomic E-state index is -1.00. The van der Waals surface area contributed by atoms with Crippen LogP contribution in [0.25, 0.3) is 5.57 Å². The molecule has 0 bridgehead atoms. The molecule has 1 aliphatic rings. The zero-order chi connectivity index (χ0) is 20.5. The topological polar surface area (TPSA) is 82.3 Å². The predicted octanol–water partition coefficient (Wildman–Crippen LogP) is 4.01. The molecule has 0 saturated carbocycles. The van der Waals surface area contributed by atoms with Gasteiger partial charge in [0.05, 0.1) is 17.7 Å². The molecule has 2 aromatic rings. The number of nitrogens with two attached hydrogens (primary N) is 1. The lowest BCUT2D eigenvalue weighted by Gasteiger charge is -2.32. The highest BCUT2D eigenvalue weighted by atomic mass is 19.1. The Kier molecular flexibility index (Phi) is 5.56. The van der Waals surface area contributed by atoms with Crippen molar-refractivity contribution >= 4 is 24.2 Å². The molecule has 3 N–H and O–H groups in total. The third-order valence-electron chi connectivity index (χ3n) is 5.30. The Morgan fingerprint density at radius 1 is 1.11 bits per heavy atom. The van der Waals surface area contributed by atoms with Crippen molar-refractivity contribution in [3.8, 4) is 0 Å². The fourth-order valence-corrected chi connectivity index (χ4v) is 2.78. The van der Waals surface area contributed by atoms with Crippen LogP contribution >= 0.6 is 0 Å². The van der Waals surface area contributed by atoms with Crippen LogP contribution in [0.15, 0.2) is 42.3 Å². The maximum Gasteiger partial charge on any atom is 0.525 e. The lowest BCUT2D eigenvalue weighted by molar-refractivity contribution is 0.00578. The first-order valence-electron chi connectivity index (χ1n) is 9.24. The van der Waals surface area contributed by atoms with Gasteiger partial charge in [0.25, 0.3) is 0 Å². The van der Waals surface area contributed by atoms with E-state index in [-0.39, 0.29) is 6.54 Å². The zero-order valence-corrected chi connectivity index (χ0v) is 16.9. The predicted molar refractivity (Wildman–Crippen MR) is 109 cm³/mol. The minimum Gasteiger partial charge on any atom is -0.398 e. The van der Waals surface area contributed by atoms with Crippen molar-refractivity contribution in [2.75, 3.05) is 5.32 Å². The molecule has 3 rings (SSSR count). The molecule has 0 radical (unpaired) electrons. The van der Waals surface area contributed by atoms with Gasteiger partial charge in [0.2, 0.25) is 0 Å². The van der Waals surface area contributed by atoms with E-state index in [4.69, 9.17) is 15.0 Å². The molecule has 1 aliphatic heterocycles. The first kappa shape index (κ1) is 20.4. The number of halogens is 1. The van der Waals surface area contributed by atoms with E-state index in [1.807, 2.05) is 52.0 Å². The normalized spacial score (nSPS) is 18.8. The van der Waals surface area contributed by atoms with Crippen LogP contribution in [0.5, 0.6) is 0 Å². The van der Waals surface area contributed by atoms with Crippen LogP contribution in [0.2, 0.25) is 0 Å². The lowest BCUT2D eigenvalue weighted by atomic mass is 9.83. The second kappa shape index (κ2) is 7.62. The molecule has 0 amide bonds. The van der Waals surface area contributed by atoms with Gasteiger partial charge < -0.3 is 20.4 Å². The largest absolute Gasteiger partial charge is 0.525 e. The molecule has 0 spiro atoms. The van der Waals surface area contributed by atoms with Crippen LogP contribution in [-0.4, -0.2) is 28.3 Å². The van der Waals surface area contributed by atoms with Crippen LogP contribution in [0, 0.1) is 0 Å². The monoisotopic (exact) mass is 384 g/mol. The third-order valence-corrected chi connectivity index (χ3v) is 5.30. The molecule has 6 nitrogen and oxygen atoms in total. The zero-order valence-electron chi connectivity index (χ0n) is 16.9. The molecule has 1 saturated heterocycles. The van der Waals surface area contributed by atoms with Crippen molar-refractivity contribution in [3.63, 3.8) is 0 Å². The summed E-state index contributed by atoms with van der Waals surface area (Å²) in [4.78, 5) is 8.37. The number of aromatic nitrogens is 2. The van der Waals surface area contributed by atoms with Gasteiger partial charge in [0.15, 0.2) is 0 Å². The highest BCUT2D eigenvalue weighted by Crippen LogP contribution is 2.40. The summed E-state index contributed by atoms with van der Waals surface area (Å²) < 4.78 is 26.6. The smallest absolute Gasteiger partial charge is 0.398 e. The van der Waals surface area contributed by atoms with Gasteiger partial charge in [0, 0.05) is 11.9 Å². The number of hydrogen-bond donors (Lipinski definition) is 2. The van der Waals surface area contributed by atoms with Crippen molar-refractivity contribution in [3.05, 3.63) is 53.6 Å². The van der Waals surface area contributed by atoms with Gasteiger partial charge in [0.1, 0.15) is 17.4 Å². The number of nitrogens with one attached hydrogen (secondary N) is 1. The van der Waals surface area contributed by atoms with Crippen molar-refractivity contribution in [1.29, 1.82) is 0 Å². The van der Waals surface area contributed by atoms with Gasteiger partial charge in [-0.1, -0.05) is 12.1 Å². The van der Waals surface area contributed by atoms with Gasteiger partial charge in [-0.25, -0.2) is 14.4 Å². The van der Waals surface area contributed by atoms with Crippen molar-refractivity contribution in [2.45, 2.75) is 52.4 Å². The Balaban J connectivity index is 1.76. The number of rotatable bonds is 5. The second-order valence-corrected chi connectivity index (χ2v) is 7.83. The van der Waals surface area contributed by atoms with E-state index in [0.717, 1.165) is 11.3 Å². The van der Waals surface area contributed by atoms with Crippen molar-refractivity contribution in [2.24, 2.45) is 5.73 Å². The number of anilines is 2. The van der Waals surface area contributed by atoms with Crippen LogP contribution in [0.4, 0.5) is 15.9 Å². The summed E-state index contributed by atoms with van der Waals surface area (Å²) >= 11 is 0. The quantitative estimate of drug-likeness (QED) is 0.758. The molecule has 1 aromatic heterocycles. The first-order valence-corrected chi connectivity index (χ1v) is 9.24. The molecule has 0 unspecified atom stereocenters. The molecule has 2 heterocycles. The summed E-state index contributed by atoms with van der Waals surface area (Å²) in [7, 11) is -1.00. The van der Waals surface area contributed by atoms with Crippen LogP contribution in [0.1, 0.15) is 46.0 Å². The molecule has 8 heteroatoms. The maximum absolute atomic E-state index is 15.0. The molecule has 148 valence electrons. The van der Waals surface area contributed by atoms with Crippen molar-refractivity contribution in [1.82, 2.24) is 9.97 Å². The summed E-state index contributed by atoms with van der Waals surface area (Å²) in [6.45, 7) is 9.61. The Labute approximate surface area is 165 Å². The number of benzene rings is 1. The van der Waals surface area contributed by atoms with Crippen LogP contribution in [0.3, 0.4) is 0 Å². The van der Waals surface area contributed by atoms with Gasteiger partial charge >= 0.3 is 7.12 Å². The van der Waals surface area contributed by atoms with Gasteiger partial charge in [-0.05, 0) is 64.0 Å². The van der Waals surface area contributed by atoms with Crippen molar-refractivity contribution < 1.29 is 13.7 Å². The summed E-state index contributed by atoms with van der Waals surface area (Å²) in [5, 5.41) is 3.18. The van der Waals surface area contributed by atoms with E-state index in [0.29, 0.717) is 17.2 Å². The maximum atomic E-state index is 15.0. The molecule has 28 heavy (non-hydrogen) atoms. The molecule has 0 aliphatic carbocycles. The number of nitrogens with zero attached hydrogens (tertiary/aromatic N) is 2. The molecule has 1 fully saturated rings. The first-order chi connectivity index (χ1) is 13.1. The molecular formula is C20H26BFN4O2. The fraction of sp³-hybridized carbons (Fsp3) is 0.400. The Morgan fingerprint density at radius 2 is 1.71 bits per heavy atom. The average Bonchev–Trinajstić information content (AvgIpc) is 2.88. The minimum absolute atomic E-state index is 0.274. The van der Waals surface area contributed by atoms with E-state index >= 15 is 0 Å². The Bertz CT molecular complexity index is 868. The molecule has 1 aromatic carbocycles. The van der Waals surface area contributed by atoms with E-state index in [1.165, 1.54) is 0 Å². The van der Waals surface area contributed by atoms with Crippen LogP contribution < -0.4 is 11.1 Å². The van der Waals surface area contributed by atoms with E-state index in [2.05, 4.69) is 15.3 Å². The molecule has 0 atom stereocenters. The number of hydrogen-bond acceptors (Lipinski definition) is 6. The van der Waals surface area contributed by atoms with E-state index in [1.54, 1.807) is 19.2 Å². The summed E-state index contributed by atoms with van der Waals surface area (Å²) in [5.41, 5.74) is 6.05. The summed E-state index contributed by atoms with van der Waals surface area (Å²) in [6.07, 6.45) is 1.65. The lowest BCUT2D eigenvalue weighted by Crippen LogP contribution is -2.41. The van der Waals surface area contributed by atoms with Gasteiger partial charge in [-0.3, -0.25) is 0 Å². The van der Waals surface area contributed by atoms with Gasteiger partial charge in [-0.15, -0.1) is 0 Å². The van der Waals surface area contributed by atoms with Gasteiger partial charge in [-0.2, -0.15) is 0 Å². The SMILES string of the molecule is CC(=C(F)B1OC(C)(C)C(C)(C)O1)c1ccc(Nc2ccnc(CN)n2)cc1. The van der Waals surface area contributed by atoms with E-state index < -0.39 is 24.0 Å².